The summed E-state index contributed by atoms with van der Waals surface area (Å²) in [7, 11) is 0. The van der Waals surface area contributed by atoms with E-state index in [-0.39, 0.29) is 6.10 Å². The Morgan fingerprint density at radius 3 is 2.53 bits per heavy atom. The van der Waals surface area contributed by atoms with Gasteiger partial charge in [0.15, 0.2) is 0 Å². The van der Waals surface area contributed by atoms with E-state index in [1.165, 1.54) is 16.0 Å². The van der Waals surface area contributed by atoms with Crippen LogP contribution in [0.25, 0.3) is 0 Å². The highest BCUT2D eigenvalue weighted by Gasteiger charge is 2.11. The molecule has 0 saturated carbocycles. The van der Waals surface area contributed by atoms with Crippen LogP contribution < -0.4 is 0 Å². The fourth-order valence-electron chi connectivity index (χ4n) is 2.00. The molecule has 0 spiro atoms. The maximum atomic E-state index is 10.1. The number of aryl methyl sites for hydroxylation is 2. The third-order valence-electron chi connectivity index (χ3n) is 3.23. The normalized spacial score (nSPS) is 12.4. The van der Waals surface area contributed by atoms with Gasteiger partial charge in [0, 0.05) is 9.79 Å². The minimum Gasteiger partial charge on any atom is -0.388 e. The second-order valence-corrected chi connectivity index (χ2v) is 5.92. The molecule has 0 aliphatic heterocycles. The lowest BCUT2D eigenvalue weighted by molar-refractivity contribution is 0.171. The van der Waals surface area contributed by atoms with Gasteiger partial charge in [-0.1, -0.05) is 49.0 Å². The third-order valence-corrected chi connectivity index (χ3v) is 4.48. The van der Waals surface area contributed by atoms with Crippen molar-refractivity contribution in [2.45, 2.75) is 43.1 Å². The second-order valence-electron chi connectivity index (χ2n) is 4.83. The summed E-state index contributed by atoms with van der Waals surface area (Å²) in [4.78, 5) is 2.40. The highest BCUT2D eigenvalue weighted by Crippen LogP contribution is 2.36. The Bertz CT molecular complexity index is 563. The molecule has 0 radical (unpaired) electrons. The van der Waals surface area contributed by atoms with Gasteiger partial charge in [-0.3, -0.25) is 0 Å². The van der Waals surface area contributed by atoms with Gasteiger partial charge in [0.05, 0.1) is 6.10 Å². The van der Waals surface area contributed by atoms with Crippen molar-refractivity contribution in [3.05, 3.63) is 59.2 Å². The second kappa shape index (κ2) is 6.27. The highest BCUT2D eigenvalue weighted by molar-refractivity contribution is 7.99. The fraction of sp³-hybridized carbons (Fsp3) is 0.294. The van der Waals surface area contributed by atoms with E-state index < -0.39 is 0 Å². The molecule has 0 heterocycles. The zero-order valence-corrected chi connectivity index (χ0v) is 12.5. The quantitative estimate of drug-likeness (QED) is 0.854. The molecule has 1 N–H and O–H groups in total. The Morgan fingerprint density at radius 1 is 1.05 bits per heavy atom. The molecule has 19 heavy (non-hydrogen) atoms. The maximum Gasteiger partial charge on any atom is 0.0798 e. The SMILES string of the molecule is CCC(O)c1ccccc1Sc1cc(C)ccc1C. The van der Waals surface area contributed by atoms with Gasteiger partial charge in [-0.05, 0) is 49.1 Å². The van der Waals surface area contributed by atoms with E-state index in [9.17, 15) is 5.11 Å². The lowest BCUT2D eigenvalue weighted by Crippen LogP contribution is -1.97. The van der Waals surface area contributed by atoms with Crippen molar-refractivity contribution in [2.75, 3.05) is 0 Å². The summed E-state index contributed by atoms with van der Waals surface area (Å²) in [5.41, 5.74) is 3.56. The lowest BCUT2D eigenvalue weighted by atomic mass is 10.1. The summed E-state index contributed by atoms with van der Waals surface area (Å²) in [6.07, 6.45) is 0.360. The molecular formula is C17H20OS. The Kier molecular flexibility index (Phi) is 4.67. The van der Waals surface area contributed by atoms with Crippen molar-refractivity contribution in [3.8, 4) is 0 Å². The predicted molar refractivity (Wildman–Crippen MR) is 81.7 cm³/mol. The van der Waals surface area contributed by atoms with E-state index in [1.54, 1.807) is 11.8 Å². The van der Waals surface area contributed by atoms with Crippen molar-refractivity contribution in [1.29, 1.82) is 0 Å². The minimum absolute atomic E-state index is 0.381. The molecule has 0 fully saturated rings. The molecule has 0 aliphatic carbocycles. The Morgan fingerprint density at radius 2 is 1.79 bits per heavy atom. The zero-order chi connectivity index (χ0) is 13.8. The first-order valence-corrected chi connectivity index (χ1v) is 7.45. The van der Waals surface area contributed by atoms with Gasteiger partial charge in [0.25, 0.3) is 0 Å². The molecule has 1 nitrogen and oxygen atoms in total. The van der Waals surface area contributed by atoms with Crippen molar-refractivity contribution < 1.29 is 5.11 Å². The first kappa shape index (κ1) is 14.2. The van der Waals surface area contributed by atoms with Crippen LogP contribution >= 0.6 is 11.8 Å². The molecule has 1 unspecified atom stereocenters. The van der Waals surface area contributed by atoms with Gasteiger partial charge in [-0.25, -0.2) is 0 Å². The lowest BCUT2D eigenvalue weighted by Gasteiger charge is -2.14. The molecule has 100 valence electrons. The van der Waals surface area contributed by atoms with Gasteiger partial charge in [-0.15, -0.1) is 0 Å². The van der Waals surface area contributed by atoms with E-state index in [0.29, 0.717) is 0 Å². The van der Waals surface area contributed by atoms with E-state index >= 15 is 0 Å². The number of hydrogen-bond donors (Lipinski definition) is 1. The van der Waals surface area contributed by atoms with E-state index in [2.05, 4.69) is 38.1 Å². The van der Waals surface area contributed by atoms with Crippen LogP contribution in [-0.4, -0.2) is 5.11 Å². The van der Waals surface area contributed by atoms with Crippen molar-refractivity contribution >= 4 is 11.8 Å². The molecule has 0 bridgehead atoms. The average Bonchev–Trinajstić information content (AvgIpc) is 2.42. The summed E-state index contributed by atoms with van der Waals surface area (Å²) in [5.74, 6) is 0. The number of aliphatic hydroxyl groups is 1. The van der Waals surface area contributed by atoms with Crippen LogP contribution in [0.5, 0.6) is 0 Å². The molecule has 2 aromatic rings. The summed E-state index contributed by atoms with van der Waals surface area (Å²) >= 11 is 1.74. The van der Waals surface area contributed by atoms with Crippen LogP contribution in [0.15, 0.2) is 52.3 Å². The summed E-state index contributed by atoms with van der Waals surface area (Å²) < 4.78 is 0. The Labute approximate surface area is 119 Å². The van der Waals surface area contributed by atoms with E-state index in [0.717, 1.165) is 16.9 Å². The number of hydrogen-bond acceptors (Lipinski definition) is 2. The average molecular weight is 272 g/mol. The van der Waals surface area contributed by atoms with Crippen molar-refractivity contribution in [3.63, 3.8) is 0 Å². The molecule has 0 amide bonds. The Hall–Kier alpha value is -1.25. The van der Waals surface area contributed by atoms with Crippen LogP contribution in [0.3, 0.4) is 0 Å². The summed E-state index contributed by atoms with van der Waals surface area (Å²) in [6, 6.07) is 14.6. The summed E-state index contributed by atoms with van der Waals surface area (Å²) in [6.45, 7) is 6.24. The number of benzene rings is 2. The van der Waals surface area contributed by atoms with Crippen molar-refractivity contribution in [2.24, 2.45) is 0 Å². The molecular weight excluding hydrogens is 252 g/mol. The van der Waals surface area contributed by atoms with Crippen LogP contribution in [0.4, 0.5) is 0 Å². The fourth-order valence-corrected chi connectivity index (χ4v) is 3.18. The van der Waals surface area contributed by atoms with Crippen LogP contribution in [0, 0.1) is 13.8 Å². The zero-order valence-electron chi connectivity index (χ0n) is 11.7. The molecule has 1 atom stereocenters. The highest BCUT2D eigenvalue weighted by atomic mass is 32.2. The molecule has 2 aromatic carbocycles. The van der Waals surface area contributed by atoms with Crippen LogP contribution in [0.1, 0.15) is 36.1 Å². The number of rotatable bonds is 4. The molecule has 0 saturated heterocycles. The predicted octanol–water partition coefficient (Wildman–Crippen LogP) is 4.90. The van der Waals surface area contributed by atoms with Gasteiger partial charge in [0.2, 0.25) is 0 Å². The van der Waals surface area contributed by atoms with Gasteiger partial charge < -0.3 is 5.11 Å². The largest absolute Gasteiger partial charge is 0.388 e. The molecule has 0 aromatic heterocycles. The summed E-state index contributed by atoms with van der Waals surface area (Å²) in [5, 5.41) is 10.1. The minimum atomic E-state index is -0.381. The van der Waals surface area contributed by atoms with E-state index in [1.807, 2.05) is 25.1 Å². The van der Waals surface area contributed by atoms with E-state index in [4.69, 9.17) is 0 Å². The Balaban J connectivity index is 2.35. The van der Waals surface area contributed by atoms with Crippen LogP contribution in [0.2, 0.25) is 0 Å². The first-order chi connectivity index (χ1) is 9.11. The number of aliphatic hydroxyl groups excluding tert-OH is 1. The first-order valence-electron chi connectivity index (χ1n) is 6.64. The molecule has 2 heteroatoms. The molecule has 2 rings (SSSR count). The third kappa shape index (κ3) is 3.40. The monoisotopic (exact) mass is 272 g/mol. The smallest absolute Gasteiger partial charge is 0.0798 e. The standard InChI is InChI=1S/C17H20OS/c1-4-15(18)14-7-5-6-8-16(14)19-17-11-12(2)9-10-13(17)3/h5-11,15,18H,4H2,1-3H3. The van der Waals surface area contributed by atoms with Gasteiger partial charge in [0.1, 0.15) is 0 Å². The molecule has 0 aliphatic rings. The van der Waals surface area contributed by atoms with Gasteiger partial charge in [-0.2, -0.15) is 0 Å². The van der Waals surface area contributed by atoms with Gasteiger partial charge >= 0.3 is 0 Å². The maximum absolute atomic E-state index is 10.1. The topological polar surface area (TPSA) is 20.2 Å². The van der Waals surface area contributed by atoms with Crippen molar-refractivity contribution in [1.82, 2.24) is 0 Å². The van der Waals surface area contributed by atoms with Crippen LogP contribution in [-0.2, 0) is 0 Å².